The van der Waals surface area contributed by atoms with E-state index < -0.39 is 32.9 Å². The third-order valence-electron chi connectivity index (χ3n) is 2.28. The van der Waals surface area contributed by atoms with Crippen molar-refractivity contribution < 1.29 is 22.2 Å². The van der Waals surface area contributed by atoms with Gasteiger partial charge in [-0.1, -0.05) is 6.58 Å². The molecular weight excluding hydrogens is 320 g/mol. The van der Waals surface area contributed by atoms with Gasteiger partial charge in [-0.05, 0) is 46.5 Å². The first-order valence-electron chi connectivity index (χ1n) is 7.53. The second-order valence-electron chi connectivity index (χ2n) is 5.66. The van der Waals surface area contributed by atoms with Gasteiger partial charge < -0.3 is 17.4 Å². The Hall–Kier alpha value is -0.259. The van der Waals surface area contributed by atoms with Crippen molar-refractivity contribution in [3.8, 4) is 0 Å². The maximum absolute atomic E-state index is 11.1. The third-order valence-corrected chi connectivity index (χ3v) is 10.7. The second-order valence-corrected chi connectivity index (χ2v) is 13.8. The molecule has 0 atom stereocenters. The molecule has 5 nitrogen and oxygen atoms in total. The van der Waals surface area contributed by atoms with E-state index in [9.17, 15) is 4.79 Å². The molecule has 0 amide bonds. The van der Waals surface area contributed by atoms with Crippen LogP contribution in [-0.2, 0) is 22.2 Å². The number of esters is 1. The summed E-state index contributed by atoms with van der Waals surface area (Å²) in [7, 11) is -5.22. The van der Waals surface area contributed by atoms with Gasteiger partial charge >= 0.3 is 14.8 Å². The zero-order valence-electron chi connectivity index (χ0n) is 14.2. The Morgan fingerprint density at radius 3 is 2.10 bits per heavy atom. The van der Waals surface area contributed by atoms with E-state index in [0.29, 0.717) is 19.1 Å². The molecule has 8 heteroatoms. The van der Waals surface area contributed by atoms with E-state index in [1.54, 1.807) is 0 Å². The normalized spacial score (nSPS) is 12.2. The number of hydrogen-bond acceptors (Lipinski definition) is 5. The molecule has 0 fully saturated rings. The predicted octanol–water partition coefficient (Wildman–Crippen LogP) is 2.47. The summed E-state index contributed by atoms with van der Waals surface area (Å²) in [4.78, 5) is 11.1. The minimum Gasteiger partial charge on any atom is -0.463 e. The fourth-order valence-corrected chi connectivity index (χ4v) is 11.1. The second kappa shape index (κ2) is 10.5. The molecule has 0 saturated heterocycles. The van der Waals surface area contributed by atoms with Crippen LogP contribution in [0.25, 0.3) is 0 Å². The van der Waals surface area contributed by atoms with Crippen molar-refractivity contribution in [2.24, 2.45) is 0 Å². The largest absolute Gasteiger partial charge is 0.479 e. The molecule has 0 spiro atoms. The molecule has 0 rings (SSSR count). The highest BCUT2D eigenvalue weighted by Gasteiger charge is 2.42. The summed E-state index contributed by atoms with van der Waals surface area (Å²) in [5, 5.41) is 0. The Labute approximate surface area is 133 Å². The van der Waals surface area contributed by atoms with Crippen LogP contribution >= 0.6 is 0 Å². The van der Waals surface area contributed by atoms with Crippen LogP contribution in [0.5, 0.6) is 0 Å². The van der Waals surface area contributed by atoms with E-state index in [0.717, 1.165) is 0 Å². The summed E-state index contributed by atoms with van der Waals surface area (Å²) < 4.78 is 23.5. The molecule has 0 N–H and O–H groups in total. The van der Waals surface area contributed by atoms with Gasteiger partial charge in [0.1, 0.15) is 0 Å². The van der Waals surface area contributed by atoms with Crippen molar-refractivity contribution in [1.82, 2.24) is 0 Å². The van der Waals surface area contributed by atoms with Gasteiger partial charge in [0.05, 0.1) is 6.61 Å². The molecule has 0 radical (unpaired) electrons. The van der Waals surface area contributed by atoms with E-state index in [2.05, 4.69) is 32.8 Å². The van der Waals surface area contributed by atoms with Gasteiger partial charge in [-0.3, -0.25) is 0 Å². The molecule has 0 aliphatic carbocycles. The van der Waals surface area contributed by atoms with Gasteiger partial charge in [0, 0.05) is 18.2 Å². The highest BCUT2D eigenvalue weighted by Crippen LogP contribution is 2.22. The minimum atomic E-state index is -2.66. The molecule has 0 aromatic heterocycles. The fourth-order valence-electron chi connectivity index (χ4n) is 1.86. The standard InChI is InChI=1S/C13H30O5Si3/c1-8-13(14)15-10-9-11-21(16-12(2)3,17-19(4)5)18-20(6)7/h8,12,19-20H,1,9-11H2,2-7H3. The third kappa shape index (κ3) is 10.2. The number of carbonyl (C=O) groups excluding carboxylic acids is 1. The molecule has 0 aromatic carbocycles. The zero-order chi connectivity index (χ0) is 16.5. The Morgan fingerprint density at radius 1 is 1.19 bits per heavy atom. The maximum Gasteiger partial charge on any atom is 0.479 e. The summed E-state index contributed by atoms with van der Waals surface area (Å²) in [6.45, 7) is 16.2. The Kier molecular flexibility index (Phi) is 10.3. The quantitative estimate of drug-likeness (QED) is 0.248. The lowest BCUT2D eigenvalue weighted by Gasteiger charge is -2.35. The Morgan fingerprint density at radius 2 is 1.71 bits per heavy atom. The van der Waals surface area contributed by atoms with Gasteiger partial charge in [-0.2, -0.15) is 0 Å². The van der Waals surface area contributed by atoms with E-state index in [-0.39, 0.29) is 6.10 Å². The molecule has 0 saturated carbocycles. The number of rotatable bonds is 11. The van der Waals surface area contributed by atoms with Crippen LogP contribution < -0.4 is 0 Å². The van der Waals surface area contributed by atoms with Gasteiger partial charge in [-0.25, -0.2) is 4.79 Å². The first-order valence-corrected chi connectivity index (χ1v) is 15.0. The number of hydrogen-bond donors (Lipinski definition) is 0. The lowest BCUT2D eigenvalue weighted by atomic mass is 10.5. The molecule has 124 valence electrons. The summed E-state index contributed by atoms with van der Waals surface area (Å²) in [5.41, 5.74) is 0. The van der Waals surface area contributed by atoms with Crippen LogP contribution in [0, 0.1) is 0 Å². The van der Waals surface area contributed by atoms with Crippen molar-refractivity contribution in [1.29, 1.82) is 0 Å². The molecule has 21 heavy (non-hydrogen) atoms. The summed E-state index contributed by atoms with van der Waals surface area (Å²) >= 11 is 0. The summed E-state index contributed by atoms with van der Waals surface area (Å²) in [5.74, 6) is -0.398. The van der Waals surface area contributed by atoms with Crippen LogP contribution in [0.3, 0.4) is 0 Å². The SMILES string of the molecule is C=CC(=O)OCCC[Si](OC(C)C)(O[SiH](C)C)O[SiH](C)C. The van der Waals surface area contributed by atoms with Gasteiger partial charge in [-0.15, -0.1) is 0 Å². The highest BCUT2D eigenvalue weighted by molar-refractivity contribution is 6.75. The average molecular weight is 351 g/mol. The van der Waals surface area contributed by atoms with Crippen molar-refractivity contribution in [3.05, 3.63) is 12.7 Å². The van der Waals surface area contributed by atoms with Crippen molar-refractivity contribution >= 4 is 32.9 Å². The number of ether oxygens (including phenoxy) is 1. The molecule has 0 aliphatic rings. The van der Waals surface area contributed by atoms with Crippen molar-refractivity contribution in [2.75, 3.05) is 6.61 Å². The van der Waals surface area contributed by atoms with Crippen LogP contribution in [0.15, 0.2) is 12.7 Å². The van der Waals surface area contributed by atoms with E-state index in [4.69, 9.17) is 17.4 Å². The predicted molar refractivity (Wildman–Crippen MR) is 92.5 cm³/mol. The van der Waals surface area contributed by atoms with E-state index in [1.807, 2.05) is 13.8 Å². The van der Waals surface area contributed by atoms with Gasteiger partial charge in [0.2, 0.25) is 0 Å². The van der Waals surface area contributed by atoms with Gasteiger partial charge in [0.15, 0.2) is 18.1 Å². The van der Waals surface area contributed by atoms with E-state index >= 15 is 0 Å². The molecular formula is C13H30O5Si3. The van der Waals surface area contributed by atoms with Crippen molar-refractivity contribution in [3.63, 3.8) is 0 Å². The van der Waals surface area contributed by atoms with Crippen LogP contribution in [0.4, 0.5) is 0 Å². The molecule has 0 unspecified atom stereocenters. The van der Waals surface area contributed by atoms with Gasteiger partial charge in [0.25, 0.3) is 0 Å². The highest BCUT2D eigenvalue weighted by atomic mass is 28.5. The van der Waals surface area contributed by atoms with Crippen molar-refractivity contribution in [2.45, 2.75) is 58.6 Å². The lowest BCUT2D eigenvalue weighted by molar-refractivity contribution is -0.137. The summed E-state index contributed by atoms with van der Waals surface area (Å²) in [6, 6.07) is 0.686. The summed E-state index contributed by atoms with van der Waals surface area (Å²) in [6.07, 6.45) is 1.92. The first kappa shape index (κ1) is 20.7. The van der Waals surface area contributed by atoms with Crippen LogP contribution in [0.2, 0.25) is 32.2 Å². The Balaban J connectivity index is 4.72. The monoisotopic (exact) mass is 350 g/mol. The number of carbonyl (C=O) groups is 1. The fraction of sp³-hybridized carbons (Fsp3) is 0.769. The van der Waals surface area contributed by atoms with Crippen LogP contribution in [-0.4, -0.2) is 45.6 Å². The maximum atomic E-state index is 11.1. The molecule has 0 bridgehead atoms. The zero-order valence-corrected chi connectivity index (χ0v) is 17.5. The Bertz CT molecular complexity index is 294. The topological polar surface area (TPSA) is 54.0 Å². The van der Waals surface area contributed by atoms with Crippen LogP contribution in [0.1, 0.15) is 20.3 Å². The minimum absolute atomic E-state index is 0.0629. The lowest BCUT2D eigenvalue weighted by Crippen LogP contribution is -2.52. The molecule has 0 heterocycles. The molecule has 0 aromatic rings. The van der Waals surface area contributed by atoms with E-state index in [1.165, 1.54) is 6.08 Å². The molecule has 0 aliphatic heterocycles. The average Bonchev–Trinajstić information content (AvgIpc) is 2.31. The smallest absolute Gasteiger partial charge is 0.463 e. The first-order chi connectivity index (χ1) is 9.70.